The van der Waals surface area contributed by atoms with Gasteiger partial charge in [0.1, 0.15) is 24.2 Å². The molecule has 5 heteroatoms. The largest absolute Gasteiger partial charge is 0.493 e. The van der Waals surface area contributed by atoms with Gasteiger partial charge in [-0.25, -0.2) is 0 Å². The van der Waals surface area contributed by atoms with Crippen LogP contribution in [0.4, 0.5) is 0 Å². The maximum Gasteiger partial charge on any atom is 0.302 e. The molecule has 41 heavy (non-hydrogen) atoms. The first-order valence-electron chi connectivity index (χ1n) is 15.2. The van der Waals surface area contributed by atoms with Gasteiger partial charge >= 0.3 is 5.97 Å². The van der Waals surface area contributed by atoms with E-state index in [0.29, 0.717) is 19.1 Å². The molecule has 1 saturated heterocycles. The van der Waals surface area contributed by atoms with Gasteiger partial charge in [0.2, 0.25) is 0 Å². The monoisotopic (exact) mass is 551 g/mol. The Bertz CT molecular complexity index is 1370. The highest BCUT2D eigenvalue weighted by Gasteiger charge is 2.45. The first-order chi connectivity index (χ1) is 20.0. The van der Waals surface area contributed by atoms with Crippen LogP contribution in [0.5, 0.6) is 5.75 Å². The van der Waals surface area contributed by atoms with Crippen molar-refractivity contribution >= 4 is 11.5 Å². The summed E-state index contributed by atoms with van der Waals surface area (Å²) < 4.78 is 18.9. The minimum Gasteiger partial charge on any atom is -0.493 e. The summed E-state index contributed by atoms with van der Waals surface area (Å²) in [7, 11) is 0. The van der Waals surface area contributed by atoms with Gasteiger partial charge < -0.3 is 14.2 Å². The van der Waals surface area contributed by atoms with Gasteiger partial charge in [-0.1, -0.05) is 66.7 Å². The fourth-order valence-corrected chi connectivity index (χ4v) is 6.95. The smallest absolute Gasteiger partial charge is 0.302 e. The maximum atomic E-state index is 12.0. The highest BCUT2D eigenvalue weighted by atomic mass is 16.5. The number of fused-ring (bicyclic) bond motifs is 6. The molecule has 0 radical (unpaired) electrons. The molecule has 214 valence electrons. The molecule has 0 amide bonds. The molecular weight excluding hydrogens is 510 g/mol. The predicted octanol–water partition coefficient (Wildman–Crippen LogP) is 7.65. The molecule has 4 unspecified atom stereocenters. The number of carbonyl (C=O) groups excluding carboxylic acids is 1. The number of nitrogens with zero attached hydrogens (tertiary/aromatic N) is 1. The van der Waals surface area contributed by atoms with Crippen molar-refractivity contribution in [2.24, 2.45) is 0 Å². The Morgan fingerprint density at radius 3 is 2.49 bits per heavy atom. The molecule has 1 fully saturated rings. The van der Waals surface area contributed by atoms with E-state index in [4.69, 9.17) is 14.2 Å². The lowest BCUT2D eigenvalue weighted by molar-refractivity contribution is -0.147. The fourth-order valence-electron chi connectivity index (χ4n) is 6.95. The summed E-state index contributed by atoms with van der Waals surface area (Å²) in [5.41, 5.74) is 6.36. The third-order valence-corrected chi connectivity index (χ3v) is 8.75. The number of aryl methyl sites for hydroxylation is 1. The van der Waals surface area contributed by atoms with Gasteiger partial charge in [-0.2, -0.15) is 0 Å². The lowest BCUT2D eigenvalue weighted by Gasteiger charge is -2.45. The summed E-state index contributed by atoms with van der Waals surface area (Å²) in [5.74, 6) is 1.63. The zero-order chi connectivity index (χ0) is 28.2. The van der Waals surface area contributed by atoms with Crippen LogP contribution in [0.15, 0.2) is 84.6 Å². The van der Waals surface area contributed by atoms with E-state index in [-0.39, 0.29) is 24.2 Å². The van der Waals surface area contributed by atoms with Gasteiger partial charge in [-0.15, -0.1) is 0 Å². The van der Waals surface area contributed by atoms with E-state index in [1.165, 1.54) is 35.6 Å². The second kappa shape index (κ2) is 12.5. The molecule has 6 rings (SSSR count). The van der Waals surface area contributed by atoms with Crippen molar-refractivity contribution in [1.29, 1.82) is 0 Å². The summed E-state index contributed by atoms with van der Waals surface area (Å²) in [4.78, 5) is 14.6. The highest BCUT2D eigenvalue weighted by Crippen LogP contribution is 2.51. The number of benzene rings is 3. The minimum atomic E-state index is -0.230. The van der Waals surface area contributed by atoms with Crippen molar-refractivity contribution < 1.29 is 19.0 Å². The van der Waals surface area contributed by atoms with E-state index in [1.54, 1.807) is 0 Å². The van der Waals surface area contributed by atoms with Crippen molar-refractivity contribution in [1.82, 2.24) is 4.90 Å². The van der Waals surface area contributed by atoms with Crippen LogP contribution in [0.25, 0.3) is 5.57 Å². The molecule has 2 aliphatic heterocycles. The predicted molar refractivity (Wildman–Crippen MR) is 161 cm³/mol. The molecule has 3 aromatic rings. The number of hydrogen-bond acceptors (Lipinski definition) is 5. The van der Waals surface area contributed by atoms with Crippen molar-refractivity contribution in [3.05, 3.63) is 107 Å². The van der Waals surface area contributed by atoms with E-state index in [9.17, 15) is 4.79 Å². The summed E-state index contributed by atoms with van der Waals surface area (Å²) in [6, 6.07) is 28.2. The van der Waals surface area contributed by atoms with Crippen LogP contribution < -0.4 is 4.74 Å². The summed E-state index contributed by atoms with van der Waals surface area (Å²) in [6.07, 6.45) is 6.81. The van der Waals surface area contributed by atoms with E-state index in [0.717, 1.165) is 55.7 Å². The molecule has 1 aliphatic carbocycles. The fraction of sp³-hybridized carbons (Fsp3) is 0.417. The zero-order valence-corrected chi connectivity index (χ0v) is 24.3. The first-order valence-corrected chi connectivity index (χ1v) is 15.2. The van der Waals surface area contributed by atoms with Crippen LogP contribution in [0.2, 0.25) is 0 Å². The van der Waals surface area contributed by atoms with Gasteiger partial charge in [-0.05, 0) is 80.0 Å². The Morgan fingerprint density at radius 2 is 1.73 bits per heavy atom. The zero-order valence-electron chi connectivity index (χ0n) is 24.3. The number of esters is 1. The summed E-state index contributed by atoms with van der Waals surface area (Å²) in [5, 5.41) is 0. The molecule has 2 heterocycles. The maximum absolute atomic E-state index is 12.0. The second-order valence-corrected chi connectivity index (χ2v) is 11.7. The molecule has 0 spiro atoms. The third kappa shape index (κ3) is 6.36. The molecule has 5 nitrogen and oxygen atoms in total. The second-order valence-electron chi connectivity index (χ2n) is 11.7. The van der Waals surface area contributed by atoms with Crippen LogP contribution in [0, 0.1) is 0 Å². The van der Waals surface area contributed by atoms with Crippen LogP contribution in [-0.2, 0) is 27.3 Å². The molecule has 0 aromatic heterocycles. The Labute approximate surface area is 244 Å². The van der Waals surface area contributed by atoms with Gasteiger partial charge in [0.05, 0.1) is 6.10 Å². The highest BCUT2D eigenvalue weighted by molar-refractivity contribution is 5.78. The molecule has 4 atom stereocenters. The summed E-state index contributed by atoms with van der Waals surface area (Å²) >= 11 is 0. The first kappa shape index (κ1) is 27.6. The number of rotatable bonds is 10. The SMILES string of the molecule is CC(=O)OC1CC(OCc2ccccc2)=C2c3cc(OC(C)CCCc4ccccc4)ccc3C3CCCN3C2C1. The van der Waals surface area contributed by atoms with Crippen LogP contribution in [0.1, 0.15) is 80.7 Å². The van der Waals surface area contributed by atoms with Gasteiger partial charge in [0.25, 0.3) is 0 Å². The van der Waals surface area contributed by atoms with Crippen LogP contribution in [0.3, 0.4) is 0 Å². The molecule has 0 saturated carbocycles. The molecule has 3 aromatic carbocycles. The number of ether oxygens (including phenoxy) is 3. The standard InChI is InChI=1S/C36H41NO4/c1-25(11-9-16-27-12-5-3-6-13-27)40-29-18-19-31-32(21-29)36-34(37-20-10-17-33(31)37)22-30(41-26(2)38)23-35(36)39-24-28-14-7-4-8-15-28/h3-8,12-15,18-19,21,25,30,33-34H,9-11,16-17,20,22-24H2,1-2H3. The quantitative estimate of drug-likeness (QED) is 0.242. The normalized spacial score (nSPS) is 22.3. The van der Waals surface area contributed by atoms with Crippen LogP contribution in [-0.4, -0.2) is 35.7 Å². The van der Waals surface area contributed by atoms with Crippen LogP contribution >= 0.6 is 0 Å². The number of carbonyl (C=O) groups is 1. The van der Waals surface area contributed by atoms with E-state index in [1.807, 2.05) is 18.2 Å². The van der Waals surface area contributed by atoms with Crippen molar-refractivity contribution in [3.63, 3.8) is 0 Å². The number of hydrogen-bond donors (Lipinski definition) is 0. The molecular formula is C36H41NO4. The molecule has 0 N–H and O–H groups in total. The van der Waals surface area contributed by atoms with Crippen molar-refractivity contribution in [2.75, 3.05) is 6.54 Å². The Morgan fingerprint density at radius 1 is 0.976 bits per heavy atom. The average molecular weight is 552 g/mol. The van der Waals surface area contributed by atoms with Crippen molar-refractivity contribution in [3.8, 4) is 5.75 Å². The lowest BCUT2D eigenvalue weighted by atomic mass is 9.78. The van der Waals surface area contributed by atoms with Gasteiger partial charge in [0, 0.05) is 37.4 Å². The third-order valence-electron chi connectivity index (χ3n) is 8.75. The molecule has 0 bridgehead atoms. The Balaban J connectivity index is 1.27. The average Bonchev–Trinajstić information content (AvgIpc) is 3.47. The van der Waals surface area contributed by atoms with Gasteiger partial charge in [0.15, 0.2) is 0 Å². The Hall–Kier alpha value is -3.57. The van der Waals surface area contributed by atoms with Crippen molar-refractivity contribution in [2.45, 2.75) is 89.7 Å². The van der Waals surface area contributed by atoms with E-state index < -0.39 is 0 Å². The Kier molecular flexibility index (Phi) is 8.43. The molecule has 3 aliphatic rings. The van der Waals surface area contributed by atoms with Gasteiger partial charge in [-0.3, -0.25) is 9.69 Å². The topological polar surface area (TPSA) is 48.0 Å². The van der Waals surface area contributed by atoms with E-state index >= 15 is 0 Å². The van der Waals surface area contributed by atoms with E-state index in [2.05, 4.69) is 72.5 Å². The lowest BCUT2D eigenvalue weighted by Crippen LogP contribution is -2.45. The summed E-state index contributed by atoms with van der Waals surface area (Å²) in [6.45, 7) is 5.22. The minimum absolute atomic E-state index is 0.126.